The molecule has 7 nitrogen and oxygen atoms in total. The van der Waals surface area contributed by atoms with Crippen molar-refractivity contribution in [3.63, 3.8) is 0 Å². The van der Waals surface area contributed by atoms with Crippen LogP contribution in [0.4, 0.5) is 0 Å². The summed E-state index contributed by atoms with van der Waals surface area (Å²) >= 11 is 0. The molecule has 154 valence electrons. The summed E-state index contributed by atoms with van der Waals surface area (Å²) in [5.74, 6) is 0.711. The fourth-order valence-corrected chi connectivity index (χ4v) is 4.87. The van der Waals surface area contributed by atoms with E-state index in [1.54, 1.807) is 0 Å². The van der Waals surface area contributed by atoms with Crippen LogP contribution in [-0.2, 0) is 4.74 Å². The molecule has 4 heterocycles. The van der Waals surface area contributed by atoms with Gasteiger partial charge in [-0.05, 0) is 57.8 Å². The smallest absolute Gasteiger partial charge is 0.349 e. The van der Waals surface area contributed by atoms with E-state index in [-0.39, 0.29) is 22.9 Å². The summed E-state index contributed by atoms with van der Waals surface area (Å²) in [7, 11) is 2.12. The summed E-state index contributed by atoms with van der Waals surface area (Å²) in [5.41, 5.74) is 0.375. The van der Waals surface area contributed by atoms with Crippen molar-refractivity contribution in [2.75, 3.05) is 53.0 Å². The van der Waals surface area contributed by atoms with E-state index in [1.807, 2.05) is 17.9 Å². The Morgan fingerprint density at radius 3 is 2.75 bits per heavy atom. The molecule has 3 saturated heterocycles. The molecule has 1 aromatic rings. The van der Waals surface area contributed by atoms with Crippen LogP contribution >= 0.6 is 0 Å². The normalized spacial score (nSPS) is 25.8. The molecule has 3 aliphatic rings. The number of amides is 1. The molecule has 1 spiro atoms. The fourth-order valence-electron chi connectivity index (χ4n) is 4.87. The van der Waals surface area contributed by atoms with Gasteiger partial charge < -0.3 is 19.4 Å². The minimum absolute atomic E-state index is 0.0477. The Morgan fingerprint density at radius 1 is 1.29 bits per heavy atom. The van der Waals surface area contributed by atoms with Crippen LogP contribution in [0, 0.1) is 6.92 Å². The Balaban J connectivity index is 1.56. The van der Waals surface area contributed by atoms with Gasteiger partial charge in [0.1, 0.15) is 11.3 Å². The van der Waals surface area contributed by atoms with Crippen molar-refractivity contribution < 1.29 is 13.9 Å². The fraction of sp³-hybridized carbons (Fsp3) is 0.714. The number of hydrogen-bond acceptors (Lipinski definition) is 6. The number of carbonyl (C=O) groups excluding carboxylic acids is 1. The Hall–Kier alpha value is -1.70. The quantitative estimate of drug-likeness (QED) is 0.823. The molecule has 0 aromatic carbocycles. The van der Waals surface area contributed by atoms with E-state index in [4.69, 9.17) is 9.15 Å². The van der Waals surface area contributed by atoms with E-state index in [0.717, 1.165) is 64.1 Å². The van der Waals surface area contributed by atoms with Gasteiger partial charge in [-0.15, -0.1) is 0 Å². The number of carbonyl (C=O) groups is 1. The highest BCUT2D eigenvalue weighted by Crippen LogP contribution is 2.31. The molecule has 1 amide bonds. The van der Waals surface area contributed by atoms with E-state index in [0.29, 0.717) is 18.8 Å². The van der Waals surface area contributed by atoms with Crippen LogP contribution in [0.5, 0.6) is 0 Å². The van der Waals surface area contributed by atoms with Crippen molar-refractivity contribution in [2.24, 2.45) is 0 Å². The van der Waals surface area contributed by atoms with Gasteiger partial charge in [0.05, 0.1) is 0 Å². The second-order valence-electron chi connectivity index (χ2n) is 8.52. The van der Waals surface area contributed by atoms with Crippen LogP contribution in [0.2, 0.25) is 0 Å². The maximum atomic E-state index is 13.3. The zero-order chi connectivity index (χ0) is 19.7. The number of nitrogens with zero attached hydrogens (tertiary/aromatic N) is 2. The minimum Gasteiger partial charge on any atom is -0.427 e. The van der Waals surface area contributed by atoms with E-state index in [2.05, 4.69) is 17.3 Å². The third-order valence-electron chi connectivity index (χ3n) is 6.79. The predicted molar refractivity (Wildman–Crippen MR) is 106 cm³/mol. The van der Waals surface area contributed by atoms with Gasteiger partial charge in [-0.3, -0.25) is 9.69 Å². The highest BCUT2D eigenvalue weighted by atomic mass is 16.5. The van der Waals surface area contributed by atoms with Crippen molar-refractivity contribution in [1.82, 2.24) is 15.1 Å². The van der Waals surface area contributed by atoms with Gasteiger partial charge in [0.15, 0.2) is 0 Å². The largest absolute Gasteiger partial charge is 0.427 e. The van der Waals surface area contributed by atoms with Crippen LogP contribution in [0.3, 0.4) is 0 Å². The number of piperazine rings is 1. The summed E-state index contributed by atoms with van der Waals surface area (Å²) in [5, 5.41) is 3.35. The first kappa shape index (κ1) is 19.6. The van der Waals surface area contributed by atoms with E-state index >= 15 is 0 Å². The number of aryl methyl sites for hydroxylation is 1. The average Bonchev–Trinajstić information content (AvgIpc) is 2.71. The summed E-state index contributed by atoms with van der Waals surface area (Å²) in [6, 6.07) is 1.90. The molecule has 28 heavy (non-hydrogen) atoms. The van der Waals surface area contributed by atoms with Gasteiger partial charge in [0, 0.05) is 50.8 Å². The maximum Gasteiger partial charge on any atom is 0.349 e. The van der Waals surface area contributed by atoms with Crippen molar-refractivity contribution >= 4 is 5.91 Å². The van der Waals surface area contributed by atoms with E-state index < -0.39 is 5.63 Å². The number of rotatable bonds is 2. The van der Waals surface area contributed by atoms with Crippen molar-refractivity contribution in [3.8, 4) is 0 Å². The number of ether oxygens (including phenoxy) is 1. The first-order valence-corrected chi connectivity index (χ1v) is 10.4. The average molecular weight is 389 g/mol. The second-order valence-corrected chi connectivity index (χ2v) is 8.52. The summed E-state index contributed by atoms with van der Waals surface area (Å²) in [6.07, 6.45) is 3.90. The Bertz CT molecular complexity index is 778. The molecule has 0 saturated carbocycles. The van der Waals surface area contributed by atoms with Crippen LogP contribution in [0.25, 0.3) is 0 Å². The van der Waals surface area contributed by atoms with Gasteiger partial charge >= 0.3 is 5.63 Å². The van der Waals surface area contributed by atoms with Crippen molar-refractivity contribution in [3.05, 3.63) is 33.4 Å². The SMILES string of the molecule is Cc1cc(C2CCCNC2)oc(=O)c1C(=O)N1CCN(C)C2(CCOCC2)C1. The molecule has 1 aromatic heterocycles. The molecule has 0 radical (unpaired) electrons. The number of piperidine rings is 1. The van der Waals surface area contributed by atoms with E-state index in [1.165, 1.54) is 0 Å². The molecule has 3 aliphatic heterocycles. The third-order valence-corrected chi connectivity index (χ3v) is 6.79. The standard InChI is InChI=1S/C21H31N3O4/c1-15-12-17(16-4-3-7-22-13-16)28-20(26)18(15)19(25)24-9-8-23(2)21(14-24)5-10-27-11-6-21/h12,16,22H,3-11,13-14H2,1-2H3. The van der Waals surface area contributed by atoms with Crippen LogP contribution in [0.1, 0.15) is 53.3 Å². The number of nitrogens with one attached hydrogen (secondary N) is 1. The first-order valence-electron chi connectivity index (χ1n) is 10.4. The molecule has 7 heteroatoms. The van der Waals surface area contributed by atoms with Crippen LogP contribution in [0.15, 0.2) is 15.3 Å². The van der Waals surface area contributed by atoms with Gasteiger partial charge in [-0.1, -0.05) is 0 Å². The lowest BCUT2D eigenvalue weighted by Gasteiger charge is -2.51. The monoisotopic (exact) mass is 389 g/mol. The molecule has 0 bridgehead atoms. The Labute approximate surface area is 166 Å². The minimum atomic E-state index is -0.495. The predicted octanol–water partition coefficient (Wildman–Crippen LogP) is 1.35. The number of hydrogen-bond donors (Lipinski definition) is 1. The van der Waals surface area contributed by atoms with Crippen molar-refractivity contribution in [1.29, 1.82) is 0 Å². The maximum absolute atomic E-state index is 13.3. The first-order chi connectivity index (χ1) is 13.5. The molecule has 1 unspecified atom stereocenters. The molecular weight excluding hydrogens is 358 g/mol. The summed E-state index contributed by atoms with van der Waals surface area (Å²) < 4.78 is 11.2. The highest BCUT2D eigenvalue weighted by Gasteiger charge is 2.43. The number of likely N-dealkylation sites (N-methyl/N-ethyl adjacent to an activating group) is 1. The molecule has 1 N–H and O–H groups in total. The van der Waals surface area contributed by atoms with Gasteiger partial charge in [-0.2, -0.15) is 0 Å². The van der Waals surface area contributed by atoms with E-state index in [9.17, 15) is 9.59 Å². The topological polar surface area (TPSA) is 75.0 Å². The Morgan fingerprint density at radius 2 is 2.07 bits per heavy atom. The van der Waals surface area contributed by atoms with Crippen LogP contribution < -0.4 is 10.9 Å². The summed E-state index contributed by atoms with van der Waals surface area (Å²) in [4.78, 5) is 30.2. The zero-order valence-corrected chi connectivity index (χ0v) is 17.0. The second kappa shape index (κ2) is 7.97. The van der Waals surface area contributed by atoms with Gasteiger partial charge in [-0.25, -0.2) is 4.79 Å². The highest BCUT2D eigenvalue weighted by molar-refractivity contribution is 5.95. The third kappa shape index (κ3) is 3.63. The van der Waals surface area contributed by atoms with Crippen LogP contribution in [-0.4, -0.2) is 74.2 Å². The lowest BCUT2D eigenvalue weighted by atomic mass is 9.85. The zero-order valence-electron chi connectivity index (χ0n) is 17.0. The molecule has 3 fully saturated rings. The summed E-state index contributed by atoms with van der Waals surface area (Å²) in [6.45, 7) is 7.19. The molecule has 1 atom stereocenters. The lowest BCUT2D eigenvalue weighted by Crippen LogP contribution is -2.64. The molecule has 0 aliphatic carbocycles. The van der Waals surface area contributed by atoms with Crippen molar-refractivity contribution in [2.45, 2.75) is 44.1 Å². The molecule has 4 rings (SSSR count). The van der Waals surface area contributed by atoms with Gasteiger partial charge in [0.2, 0.25) is 0 Å². The van der Waals surface area contributed by atoms with Gasteiger partial charge in [0.25, 0.3) is 5.91 Å². The lowest BCUT2D eigenvalue weighted by molar-refractivity contribution is -0.0544. The Kier molecular flexibility index (Phi) is 5.58. The molecular formula is C21H31N3O4.